The highest BCUT2D eigenvalue weighted by atomic mass is 79.9. The molecule has 0 spiro atoms. The van der Waals surface area contributed by atoms with Crippen LogP contribution in [0.1, 0.15) is 16.5 Å². The molecule has 1 aromatic heterocycles. The summed E-state index contributed by atoms with van der Waals surface area (Å²) >= 11 is 10.7. The number of aryl methyl sites for hydroxylation is 1. The number of benzene rings is 1. The summed E-state index contributed by atoms with van der Waals surface area (Å²) in [4.78, 5) is 12.8. The van der Waals surface area contributed by atoms with E-state index in [2.05, 4.69) is 21.2 Å². The molecule has 0 aliphatic carbocycles. The van der Waals surface area contributed by atoms with Crippen LogP contribution in [0.2, 0.25) is 4.34 Å². The van der Waals surface area contributed by atoms with Crippen LogP contribution < -0.4 is 5.32 Å². The number of methoxy groups -OCH3 is 1. The van der Waals surface area contributed by atoms with Crippen LogP contribution in [0.4, 0.5) is 5.69 Å². The van der Waals surface area contributed by atoms with E-state index in [-0.39, 0.29) is 5.97 Å². The summed E-state index contributed by atoms with van der Waals surface area (Å²) in [5.74, 6) is -0.348. The SMILES string of the molecule is COC(=O)C(Nc1ccccc1C)c1cc(Br)c(Cl)s1. The van der Waals surface area contributed by atoms with Crippen molar-refractivity contribution in [2.45, 2.75) is 13.0 Å². The Labute approximate surface area is 135 Å². The number of carbonyl (C=O) groups excluding carboxylic acids is 1. The number of carbonyl (C=O) groups is 1. The predicted octanol–water partition coefficient (Wildman–Crippen LogP) is 4.80. The minimum atomic E-state index is -0.574. The van der Waals surface area contributed by atoms with E-state index in [1.54, 1.807) is 0 Å². The summed E-state index contributed by atoms with van der Waals surface area (Å²) in [7, 11) is 1.37. The van der Waals surface area contributed by atoms with Crippen LogP contribution in [-0.2, 0) is 9.53 Å². The van der Waals surface area contributed by atoms with Crippen LogP contribution >= 0.6 is 38.9 Å². The van der Waals surface area contributed by atoms with E-state index in [0.717, 1.165) is 20.6 Å². The van der Waals surface area contributed by atoms with E-state index < -0.39 is 6.04 Å². The second-order valence-corrected chi connectivity index (χ2v) is 6.73. The predicted molar refractivity (Wildman–Crippen MR) is 86.6 cm³/mol. The van der Waals surface area contributed by atoms with Crippen molar-refractivity contribution in [3.63, 3.8) is 0 Å². The van der Waals surface area contributed by atoms with Crippen LogP contribution in [0.5, 0.6) is 0 Å². The number of esters is 1. The number of rotatable bonds is 4. The van der Waals surface area contributed by atoms with Gasteiger partial charge in [-0.05, 0) is 40.5 Å². The molecule has 1 atom stereocenters. The Morgan fingerprint density at radius 2 is 2.15 bits per heavy atom. The van der Waals surface area contributed by atoms with Crippen LogP contribution in [0.3, 0.4) is 0 Å². The zero-order chi connectivity index (χ0) is 14.7. The van der Waals surface area contributed by atoms with Crippen LogP contribution in [0, 0.1) is 6.92 Å². The van der Waals surface area contributed by atoms with E-state index >= 15 is 0 Å². The number of thiophene rings is 1. The van der Waals surface area contributed by atoms with Gasteiger partial charge in [-0.3, -0.25) is 0 Å². The fourth-order valence-electron chi connectivity index (χ4n) is 1.76. The van der Waals surface area contributed by atoms with Crippen molar-refractivity contribution in [1.29, 1.82) is 0 Å². The van der Waals surface area contributed by atoms with Crippen molar-refractivity contribution in [3.8, 4) is 0 Å². The summed E-state index contributed by atoms with van der Waals surface area (Å²) in [5, 5.41) is 3.21. The lowest BCUT2D eigenvalue weighted by molar-refractivity contribution is -0.141. The molecule has 2 aromatic rings. The molecule has 0 radical (unpaired) electrons. The summed E-state index contributed by atoms with van der Waals surface area (Å²) in [6, 6.07) is 9.03. The number of hydrogen-bond donors (Lipinski definition) is 1. The molecule has 0 aliphatic rings. The Bertz CT molecular complexity index is 610. The summed E-state index contributed by atoms with van der Waals surface area (Å²) in [6.07, 6.45) is 0. The van der Waals surface area contributed by atoms with Gasteiger partial charge >= 0.3 is 5.97 Å². The second kappa shape index (κ2) is 6.61. The van der Waals surface area contributed by atoms with Gasteiger partial charge in [-0.2, -0.15) is 0 Å². The van der Waals surface area contributed by atoms with Crippen molar-refractivity contribution in [2.24, 2.45) is 0 Å². The number of ether oxygens (including phenoxy) is 1. The minimum Gasteiger partial charge on any atom is -0.467 e. The smallest absolute Gasteiger partial charge is 0.333 e. The van der Waals surface area contributed by atoms with Gasteiger partial charge in [0, 0.05) is 15.0 Å². The van der Waals surface area contributed by atoms with Crippen LogP contribution in [0.15, 0.2) is 34.8 Å². The van der Waals surface area contributed by atoms with Crippen molar-refractivity contribution in [3.05, 3.63) is 49.6 Å². The molecule has 1 heterocycles. The molecule has 1 aromatic carbocycles. The largest absolute Gasteiger partial charge is 0.467 e. The van der Waals surface area contributed by atoms with Crippen LogP contribution in [-0.4, -0.2) is 13.1 Å². The van der Waals surface area contributed by atoms with Gasteiger partial charge < -0.3 is 10.1 Å². The van der Waals surface area contributed by atoms with Crippen molar-refractivity contribution in [2.75, 3.05) is 12.4 Å². The van der Waals surface area contributed by atoms with Gasteiger partial charge in [-0.1, -0.05) is 29.8 Å². The van der Waals surface area contributed by atoms with Gasteiger partial charge in [0.1, 0.15) is 4.34 Å². The molecule has 0 saturated carbocycles. The highest BCUT2D eigenvalue weighted by molar-refractivity contribution is 9.10. The van der Waals surface area contributed by atoms with Gasteiger partial charge in [-0.25, -0.2) is 4.79 Å². The van der Waals surface area contributed by atoms with Gasteiger partial charge in [-0.15, -0.1) is 11.3 Å². The number of para-hydroxylation sites is 1. The Kier molecular flexibility index (Phi) is 5.07. The lowest BCUT2D eigenvalue weighted by atomic mass is 10.1. The Hall–Kier alpha value is -1.04. The average Bonchev–Trinajstić information content (AvgIpc) is 2.76. The van der Waals surface area contributed by atoms with Crippen LogP contribution in [0.25, 0.3) is 0 Å². The quantitative estimate of drug-likeness (QED) is 0.781. The first-order valence-electron chi connectivity index (χ1n) is 5.87. The first-order chi connectivity index (χ1) is 9.52. The third-order valence-electron chi connectivity index (χ3n) is 2.83. The van der Waals surface area contributed by atoms with Gasteiger partial charge in [0.2, 0.25) is 0 Å². The fourth-order valence-corrected chi connectivity index (χ4v) is 3.54. The lowest BCUT2D eigenvalue weighted by Crippen LogP contribution is -2.21. The molecule has 6 heteroatoms. The van der Waals surface area contributed by atoms with E-state index in [1.165, 1.54) is 18.4 Å². The normalized spacial score (nSPS) is 12.0. The maximum Gasteiger partial charge on any atom is 0.333 e. The lowest BCUT2D eigenvalue weighted by Gasteiger charge is -2.17. The van der Waals surface area contributed by atoms with E-state index in [0.29, 0.717) is 4.34 Å². The number of anilines is 1. The third kappa shape index (κ3) is 3.34. The highest BCUT2D eigenvalue weighted by Gasteiger charge is 2.24. The second-order valence-electron chi connectivity index (χ2n) is 4.19. The topological polar surface area (TPSA) is 38.3 Å². The molecule has 1 unspecified atom stereocenters. The molecule has 106 valence electrons. The van der Waals surface area contributed by atoms with Crippen molar-refractivity contribution < 1.29 is 9.53 Å². The van der Waals surface area contributed by atoms with E-state index in [4.69, 9.17) is 16.3 Å². The first kappa shape index (κ1) is 15.4. The Morgan fingerprint density at radius 1 is 1.45 bits per heavy atom. The Balaban J connectivity index is 2.34. The highest BCUT2D eigenvalue weighted by Crippen LogP contribution is 2.37. The number of nitrogens with one attached hydrogen (secondary N) is 1. The van der Waals surface area contributed by atoms with Gasteiger partial charge in [0.15, 0.2) is 6.04 Å². The third-order valence-corrected chi connectivity index (χ3v) is 5.37. The molecule has 0 fully saturated rings. The zero-order valence-corrected chi connectivity index (χ0v) is 14.1. The number of halogens is 2. The summed E-state index contributed by atoms with van der Waals surface area (Å²) in [6.45, 7) is 1.98. The number of hydrogen-bond acceptors (Lipinski definition) is 4. The molecule has 3 nitrogen and oxygen atoms in total. The zero-order valence-electron chi connectivity index (χ0n) is 10.9. The van der Waals surface area contributed by atoms with Gasteiger partial charge in [0.25, 0.3) is 0 Å². The molecular formula is C14H13BrClNO2S. The average molecular weight is 375 g/mol. The van der Waals surface area contributed by atoms with E-state index in [9.17, 15) is 4.79 Å². The minimum absolute atomic E-state index is 0.348. The van der Waals surface area contributed by atoms with E-state index in [1.807, 2.05) is 37.3 Å². The molecule has 1 N–H and O–H groups in total. The van der Waals surface area contributed by atoms with Crippen molar-refractivity contribution >= 4 is 50.5 Å². The van der Waals surface area contributed by atoms with Crippen molar-refractivity contribution in [1.82, 2.24) is 0 Å². The fraction of sp³-hybridized carbons (Fsp3) is 0.214. The monoisotopic (exact) mass is 373 g/mol. The molecular weight excluding hydrogens is 362 g/mol. The Morgan fingerprint density at radius 3 is 2.70 bits per heavy atom. The molecule has 20 heavy (non-hydrogen) atoms. The molecule has 2 rings (SSSR count). The molecule has 0 saturated heterocycles. The summed E-state index contributed by atoms with van der Waals surface area (Å²) < 4.78 is 6.26. The standard InChI is InChI=1S/C14H13BrClNO2S/c1-8-5-3-4-6-10(8)17-12(14(18)19-2)11-7-9(15)13(16)20-11/h3-7,12,17H,1-2H3. The maximum atomic E-state index is 12.0. The molecule has 0 aliphatic heterocycles. The van der Waals surface area contributed by atoms with Gasteiger partial charge in [0.05, 0.1) is 7.11 Å². The molecule has 0 bridgehead atoms. The maximum absolute atomic E-state index is 12.0. The summed E-state index contributed by atoms with van der Waals surface area (Å²) in [5.41, 5.74) is 1.95. The molecule has 0 amide bonds. The first-order valence-corrected chi connectivity index (χ1v) is 7.86.